The van der Waals surface area contributed by atoms with E-state index in [9.17, 15) is 9.90 Å². The number of benzene rings is 1. The summed E-state index contributed by atoms with van der Waals surface area (Å²) in [6.07, 6.45) is 0. The van der Waals surface area contributed by atoms with Gasteiger partial charge in [0.05, 0.1) is 17.7 Å². The first-order valence-electron chi connectivity index (χ1n) is 7.78. The Morgan fingerprint density at radius 3 is 2.80 bits per heavy atom. The number of para-hydroxylation sites is 1. The van der Waals surface area contributed by atoms with E-state index < -0.39 is 0 Å². The molecule has 0 radical (unpaired) electrons. The Hall–Kier alpha value is -2.50. The molecule has 0 aliphatic carbocycles. The molecule has 0 bridgehead atoms. The summed E-state index contributed by atoms with van der Waals surface area (Å²) < 4.78 is 2.01. The van der Waals surface area contributed by atoms with E-state index in [-0.39, 0.29) is 19.8 Å². The molecule has 0 amide bonds. The minimum absolute atomic E-state index is 0. The van der Waals surface area contributed by atoms with Crippen LogP contribution < -0.4 is 0 Å². The molecule has 5 heteroatoms. The Balaban J connectivity index is 0.00000182. The number of ketones is 1. The topological polar surface area (TPSA) is 55.1 Å². The molecule has 3 heterocycles. The van der Waals surface area contributed by atoms with Gasteiger partial charge in [-0.1, -0.05) is 31.7 Å². The molecular formula is C20H20N2O2S. The second-order valence-electron chi connectivity index (χ2n) is 5.69. The van der Waals surface area contributed by atoms with E-state index in [1.54, 1.807) is 17.4 Å². The van der Waals surface area contributed by atoms with Crippen LogP contribution in [-0.2, 0) is 6.54 Å². The van der Waals surface area contributed by atoms with Gasteiger partial charge in [0.1, 0.15) is 10.5 Å². The average molecular weight is 352 g/mol. The number of pyridine rings is 1. The summed E-state index contributed by atoms with van der Waals surface area (Å²) in [5, 5.41) is 13.2. The summed E-state index contributed by atoms with van der Waals surface area (Å²) in [5.41, 5.74) is 2.83. The highest BCUT2D eigenvalue weighted by Gasteiger charge is 2.22. The van der Waals surface area contributed by atoms with Gasteiger partial charge in [-0.15, -0.1) is 11.3 Å². The number of carbonyl (C=O) groups is 1. The lowest BCUT2D eigenvalue weighted by Crippen LogP contribution is -2.08. The summed E-state index contributed by atoms with van der Waals surface area (Å²) in [4.78, 5) is 18.7. The van der Waals surface area contributed by atoms with Crippen LogP contribution in [0.1, 0.15) is 29.2 Å². The summed E-state index contributed by atoms with van der Waals surface area (Å²) in [6, 6.07) is 13.5. The number of hydrogen-bond acceptors (Lipinski definition) is 4. The predicted molar refractivity (Wildman–Crippen MR) is 104 cm³/mol. The minimum Gasteiger partial charge on any atom is -0.395 e. The van der Waals surface area contributed by atoms with Crippen LogP contribution in [0.15, 0.2) is 47.8 Å². The maximum Gasteiger partial charge on any atom is 0.213 e. The van der Waals surface area contributed by atoms with Crippen molar-refractivity contribution >= 4 is 38.2 Å². The van der Waals surface area contributed by atoms with E-state index in [4.69, 9.17) is 0 Å². The quantitative estimate of drug-likeness (QED) is 0.553. The SMILES string of the molecule is C.Cc1c(C(=O)c2ccc3ccccc3n2)c2ccsc2n1CCO. The molecule has 128 valence electrons. The van der Waals surface area contributed by atoms with Gasteiger partial charge >= 0.3 is 0 Å². The number of fused-ring (bicyclic) bond motifs is 2. The molecular weight excluding hydrogens is 332 g/mol. The van der Waals surface area contributed by atoms with Crippen molar-refractivity contribution in [3.8, 4) is 0 Å². The highest BCUT2D eigenvalue weighted by atomic mass is 32.1. The van der Waals surface area contributed by atoms with Crippen LogP contribution in [-0.4, -0.2) is 27.0 Å². The minimum atomic E-state index is -0.0710. The first-order chi connectivity index (χ1) is 11.7. The van der Waals surface area contributed by atoms with Crippen LogP contribution in [0.3, 0.4) is 0 Å². The summed E-state index contributed by atoms with van der Waals surface area (Å²) in [6.45, 7) is 2.46. The van der Waals surface area contributed by atoms with Crippen LogP contribution in [0.4, 0.5) is 0 Å². The Labute approximate surface area is 150 Å². The summed E-state index contributed by atoms with van der Waals surface area (Å²) in [5.74, 6) is -0.0710. The number of aliphatic hydroxyl groups is 1. The maximum absolute atomic E-state index is 13.1. The fourth-order valence-electron chi connectivity index (χ4n) is 3.16. The van der Waals surface area contributed by atoms with E-state index in [0.717, 1.165) is 26.8 Å². The largest absolute Gasteiger partial charge is 0.395 e. The third-order valence-electron chi connectivity index (χ3n) is 4.31. The molecule has 0 saturated heterocycles. The van der Waals surface area contributed by atoms with Crippen molar-refractivity contribution in [1.29, 1.82) is 0 Å². The normalized spacial score (nSPS) is 11.0. The molecule has 0 aliphatic heterocycles. The molecule has 4 aromatic rings. The highest BCUT2D eigenvalue weighted by molar-refractivity contribution is 7.16. The lowest BCUT2D eigenvalue weighted by atomic mass is 10.0. The van der Waals surface area contributed by atoms with E-state index >= 15 is 0 Å². The molecule has 0 fully saturated rings. The van der Waals surface area contributed by atoms with Crippen molar-refractivity contribution in [2.24, 2.45) is 0 Å². The fourth-order valence-corrected chi connectivity index (χ4v) is 4.14. The molecule has 0 unspecified atom stereocenters. The maximum atomic E-state index is 13.1. The number of rotatable bonds is 4. The van der Waals surface area contributed by atoms with Crippen LogP contribution in [0.2, 0.25) is 0 Å². The first-order valence-corrected chi connectivity index (χ1v) is 8.66. The smallest absolute Gasteiger partial charge is 0.213 e. The molecule has 1 aromatic carbocycles. The van der Waals surface area contributed by atoms with Crippen LogP contribution >= 0.6 is 11.3 Å². The van der Waals surface area contributed by atoms with E-state index in [2.05, 4.69) is 4.98 Å². The zero-order valence-electron chi connectivity index (χ0n) is 13.2. The van der Waals surface area contributed by atoms with Gasteiger partial charge in [0.15, 0.2) is 0 Å². The van der Waals surface area contributed by atoms with Crippen molar-refractivity contribution in [1.82, 2.24) is 9.55 Å². The molecule has 4 nitrogen and oxygen atoms in total. The number of nitrogens with zero attached hydrogens (tertiary/aromatic N) is 2. The summed E-state index contributed by atoms with van der Waals surface area (Å²) in [7, 11) is 0. The van der Waals surface area contributed by atoms with Crippen LogP contribution in [0.5, 0.6) is 0 Å². The molecule has 0 saturated carbocycles. The summed E-state index contributed by atoms with van der Waals surface area (Å²) >= 11 is 1.58. The van der Waals surface area contributed by atoms with Crippen molar-refractivity contribution < 1.29 is 9.90 Å². The van der Waals surface area contributed by atoms with Gasteiger partial charge in [0.25, 0.3) is 0 Å². The number of hydrogen-bond donors (Lipinski definition) is 1. The Morgan fingerprint density at radius 2 is 2.00 bits per heavy atom. The van der Waals surface area contributed by atoms with Crippen molar-refractivity contribution in [3.63, 3.8) is 0 Å². The van der Waals surface area contributed by atoms with Crippen molar-refractivity contribution in [2.75, 3.05) is 6.61 Å². The average Bonchev–Trinajstić information content (AvgIpc) is 3.16. The zero-order valence-corrected chi connectivity index (χ0v) is 14.0. The van der Waals surface area contributed by atoms with E-state index in [1.165, 1.54) is 0 Å². The van der Waals surface area contributed by atoms with Gasteiger partial charge in [-0.05, 0) is 30.5 Å². The lowest BCUT2D eigenvalue weighted by molar-refractivity contribution is 0.103. The van der Waals surface area contributed by atoms with Gasteiger partial charge in [0.2, 0.25) is 5.78 Å². The monoisotopic (exact) mass is 352 g/mol. The van der Waals surface area contributed by atoms with Crippen LogP contribution in [0.25, 0.3) is 21.1 Å². The van der Waals surface area contributed by atoms with Gasteiger partial charge in [0, 0.05) is 23.0 Å². The number of aliphatic hydroxyl groups excluding tert-OH is 1. The Bertz CT molecular complexity index is 1060. The van der Waals surface area contributed by atoms with Crippen molar-refractivity contribution in [2.45, 2.75) is 20.9 Å². The first kappa shape index (κ1) is 17.3. The second-order valence-corrected chi connectivity index (χ2v) is 6.59. The fraction of sp³-hybridized carbons (Fsp3) is 0.200. The zero-order chi connectivity index (χ0) is 16.7. The predicted octanol–water partition coefficient (Wildman–Crippen LogP) is 4.42. The van der Waals surface area contributed by atoms with E-state index in [1.807, 2.05) is 53.3 Å². The molecule has 25 heavy (non-hydrogen) atoms. The Kier molecular flexibility index (Phi) is 4.70. The Morgan fingerprint density at radius 1 is 1.20 bits per heavy atom. The molecule has 0 atom stereocenters. The molecule has 1 N–H and O–H groups in total. The molecule has 0 aliphatic rings. The van der Waals surface area contributed by atoms with Crippen LogP contribution in [0, 0.1) is 6.92 Å². The molecule has 0 spiro atoms. The molecule has 4 rings (SSSR count). The number of aromatic nitrogens is 2. The van der Waals surface area contributed by atoms with Gasteiger partial charge in [-0.25, -0.2) is 4.98 Å². The van der Waals surface area contributed by atoms with Gasteiger partial charge in [-0.2, -0.15) is 0 Å². The number of thiophene rings is 1. The van der Waals surface area contributed by atoms with E-state index in [0.29, 0.717) is 17.8 Å². The van der Waals surface area contributed by atoms with Gasteiger partial charge in [-0.3, -0.25) is 4.79 Å². The molecule has 3 aromatic heterocycles. The van der Waals surface area contributed by atoms with Gasteiger partial charge < -0.3 is 9.67 Å². The third-order valence-corrected chi connectivity index (χ3v) is 5.24. The number of carbonyl (C=O) groups excluding carboxylic acids is 1. The lowest BCUT2D eigenvalue weighted by Gasteiger charge is -2.06. The highest BCUT2D eigenvalue weighted by Crippen LogP contribution is 2.31. The third kappa shape index (κ3) is 2.75. The standard InChI is InChI=1S/C19H16N2O2S.CH4/c1-12-17(14-8-11-24-19(14)21(12)9-10-22)18(23)16-7-6-13-4-2-3-5-15(13)20-16;/h2-8,11,22H,9-10H2,1H3;1H4. The second kappa shape index (κ2) is 6.78. The van der Waals surface area contributed by atoms with Crippen molar-refractivity contribution in [3.05, 3.63) is 64.8 Å².